The summed E-state index contributed by atoms with van der Waals surface area (Å²) in [5.74, 6) is -0.565. The Bertz CT molecular complexity index is 945. The molecule has 0 aliphatic carbocycles. The van der Waals surface area contributed by atoms with Crippen molar-refractivity contribution >= 4 is 28.4 Å². The summed E-state index contributed by atoms with van der Waals surface area (Å²) >= 11 is 0. The first-order valence-corrected chi connectivity index (χ1v) is 8.03. The molecule has 0 atom stereocenters. The van der Waals surface area contributed by atoms with Gasteiger partial charge in [-0.1, -0.05) is 24.3 Å². The van der Waals surface area contributed by atoms with Crippen molar-refractivity contribution in [3.05, 3.63) is 71.4 Å². The number of benzene rings is 2. The van der Waals surface area contributed by atoms with E-state index in [9.17, 15) is 9.59 Å². The van der Waals surface area contributed by atoms with Gasteiger partial charge in [-0.15, -0.1) is 0 Å². The van der Waals surface area contributed by atoms with E-state index < -0.39 is 0 Å². The van der Waals surface area contributed by atoms with Crippen molar-refractivity contribution in [1.82, 2.24) is 10.3 Å². The van der Waals surface area contributed by atoms with Gasteiger partial charge < -0.3 is 10.6 Å². The van der Waals surface area contributed by atoms with Gasteiger partial charge in [0, 0.05) is 17.1 Å². The van der Waals surface area contributed by atoms with Crippen LogP contribution in [0, 0.1) is 13.8 Å². The van der Waals surface area contributed by atoms with Gasteiger partial charge in [0.15, 0.2) is 0 Å². The van der Waals surface area contributed by atoms with Gasteiger partial charge in [-0.3, -0.25) is 14.6 Å². The summed E-state index contributed by atoms with van der Waals surface area (Å²) in [6.07, 6.45) is 1.68. The second-order valence-electron chi connectivity index (χ2n) is 5.91. The zero-order chi connectivity index (χ0) is 17.8. The van der Waals surface area contributed by atoms with E-state index in [1.165, 1.54) is 0 Å². The number of nitrogens with one attached hydrogen (secondary N) is 2. The van der Waals surface area contributed by atoms with Crippen molar-refractivity contribution in [1.29, 1.82) is 0 Å². The molecule has 2 amide bonds. The van der Waals surface area contributed by atoms with Crippen molar-refractivity contribution in [2.75, 3.05) is 11.9 Å². The number of hydrogen-bond acceptors (Lipinski definition) is 3. The van der Waals surface area contributed by atoms with E-state index in [2.05, 4.69) is 15.6 Å². The highest BCUT2D eigenvalue weighted by Gasteiger charge is 2.10. The van der Waals surface area contributed by atoms with Crippen molar-refractivity contribution in [2.45, 2.75) is 13.8 Å². The second-order valence-corrected chi connectivity index (χ2v) is 5.91. The minimum absolute atomic E-state index is 0.102. The number of carbonyl (C=O) groups is 2. The van der Waals surface area contributed by atoms with Crippen LogP contribution in [0.4, 0.5) is 5.69 Å². The van der Waals surface area contributed by atoms with Crippen LogP contribution >= 0.6 is 0 Å². The van der Waals surface area contributed by atoms with Crippen molar-refractivity contribution < 1.29 is 9.59 Å². The van der Waals surface area contributed by atoms with E-state index in [1.54, 1.807) is 18.3 Å². The molecule has 0 saturated heterocycles. The zero-order valence-electron chi connectivity index (χ0n) is 14.2. The Labute approximate surface area is 146 Å². The lowest BCUT2D eigenvalue weighted by atomic mass is 10.1. The van der Waals surface area contributed by atoms with E-state index in [1.807, 2.05) is 50.2 Å². The van der Waals surface area contributed by atoms with Crippen molar-refractivity contribution in [3.63, 3.8) is 0 Å². The molecule has 0 aliphatic heterocycles. The predicted octanol–water partition coefficient (Wildman–Crippen LogP) is 3.22. The van der Waals surface area contributed by atoms with E-state index in [0.29, 0.717) is 11.3 Å². The predicted molar refractivity (Wildman–Crippen MR) is 98.6 cm³/mol. The third-order valence-electron chi connectivity index (χ3n) is 4.09. The Morgan fingerprint density at radius 1 is 1.00 bits per heavy atom. The molecular formula is C20H19N3O2. The third-order valence-corrected chi connectivity index (χ3v) is 4.09. The normalized spacial score (nSPS) is 10.5. The SMILES string of the molecule is Cc1ccc(C(=O)NCC(=O)Nc2cccc3cccnc23)cc1C. The minimum atomic E-state index is -0.296. The van der Waals surface area contributed by atoms with Crippen molar-refractivity contribution in [3.8, 4) is 0 Å². The molecule has 0 aliphatic rings. The maximum Gasteiger partial charge on any atom is 0.251 e. The summed E-state index contributed by atoms with van der Waals surface area (Å²) in [4.78, 5) is 28.6. The van der Waals surface area contributed by atoms with Crippen LogP contribution in [0.5, 0.6) is 0 Å². The first-order chi connectivity index (χ1) is 12.0. The molecule has 5 nitrogen and oxygen atoms in total. The van der Waals surface area contributed by atoms with Crippen LogP contribution in [-0.4, -0.2) is 23.3 Å². The number of para-hydroxylation sites is 1. The number of pyridine rings is 1. The Balaban J connectivity index is 1.64. The van der Waals surface area contributed by atoms with Gasteiger partial charge in [0.1, 0.15) is 0 Å². The Hall–Kier alpha value is -3.21. The molecular weight excluding hydrogens is 314 g/mol. The highest BCUT2D eigenvalue weighted by molar-refractivity contribution is 6.03. The van der Waals surface area contributed by atoms with Crippen LogP contribution in [0.15, 0.2) is 54.7 Å². The van der Waals surface area contributed by atoms with Crippen molar-refractivity contribution in [2.24, 2.45) is 0 Å². The molecule has 25 heavy (non-hydrogen) atoms. The van der Waals surface area contributed by atoms with Gasteiger partial charge in [-0.05, 0) is 49.2 Å². The van der Waals surface area contributed by atoms with Gasteiger partial charge in [0.2, 0.25) is 5.91 Å². The summed E-state index contributed by atoms with van der Waals surface area (Å²) in [7, 11) is 0. The molecule has 0 fully saturated rings. The molecule has 0 unspecified atom stereocenters. The van der Waals surface area contributed by atoms with Crippen LogP contribution in [0.2, 0.25) is 0 Å². The van der Waals surface area contributed by atoms with Gasteiger partial charge in [-0.25, -0.2) is 0 Å². The van der Waals surface area contributed by atoms with Crippen LogP contribution in [0.3, 0.4) is 0 Å². The average Bonchev–Trinajstić information content (AvgIpc) is 2.62. The topological polar surface area (TPSA) is 71.1 Å². The third kappa shape index (κ3) is 3.83. The minimum Gasteiger partial charge on any atom is -0.343 e. The summed E-state index contributed by atoms with van der Waals surface area (Å²) < 4.78 is 0. The molecule has 0 saturated carbocycles. The zero-order valence-corrected chi connectivity index (χ0v) is 14.2. The van der Waals surface area contributed by atoms with E-state index in [-0.39, 0.29) is 18.4 Å². The number of hydrogen-bond donors (Lipinski definition) is 2. The summed E-state index contributed by atoms with van der Waals surface area (Å²) in [5, 5.41) is 6.38. The highest BCUT2D eigenvalue weighted by Crippen LogP contribution is 2.20. The first-order valence-electron chi connectivity index (χ1n) is 8.03. The smallest absolute Gasteiger partial charge is 0.251 e. The molecule has 126 valence electrons. The van der Waals surface area contributed by atoms with Gasteiger partial charge in [-0.2, -0.15) is 0 Å². The fourth-order valence-corrected chi connectivity index (χ4v) is 2.54. The molecule has 3 aromatic rings. The lowest BCUT2D eigenvalue weighted by Gasteiger charge is -2.09. The molecule has 0 bridgehead atoms. The monoisotopic (exact) mass is 333 g/mol. The van der Waals surface area contributed by atoms with E-state index in [0.717, 1.165) is 22.0 Å². The number of aromatic nitrogens is 1. The summed E-state index contributed by atoms with van der Waals surface area (Å²) in [6, 6.07) is 14.8. The maximum absolute atomic E-state index is 12.2. The molecule has 0 spiro atoms. The Morgan fingerprint density at radius 3 is 2.60 bits per heavy atom. The van der Waals surface area contributed by atoms with Gasteiger partial charge >= 0.3 is 0 Å². The molecule has 0 radical (unpaired) electrons. The van der Waals surface area contributed by atoms with Crippen LogP contribution < -0.4 is 10.6 Å². The van der Waals surface area contributed by atoms with Crippen LogP contribution in [-0.2, 0) is 4.79 Å². The molecule has 2 N–H and O–H groups in total. The number of anilines is 1. The molecule has 1 aromatic heterocycles. The van der Waals surface area contributed by atoms with Crippen LogP contribution in [0.1, 0.15) is 21.5 Å². The number of amides is 2. The number of aryl methyl sites for hydroxylation is 2. The van der Waals surface area contributed by atoms with Gasteiger partial charge in [0.25, 0.3) is 5.91 Å². The van der Waals surface area contributed by atoms with E-state index in [4.69, 9.17) is 0 Å². The number of carbonyl (C=O) groups excluding carboxylic acids is 2. The van der Waals surface area contributed by atoms with E-state index >= 15 is 0 Å². The molecule has 3 rings (SSSR count). The number of rotatable bonds is 4. The standard InChI is InChI=1S/C20H19N3O2/c1-13-8-9-16(11-14(13)2)20(25)22-12-18(24)23-17-7-3-5-15-6-4-10-21-19(15)17/h3-11H,12H2,1-2H3,(H,22,25)(H,23,24). The summed E-state index contributed by atoms with van der Waals surface area (Å²) in [6.45, 7) is 3.84. The average molecular weight is 333 g/mol. The fraction of sp³-hybridized carbons (Fsp3) is 0.150. The lowest BCUT2D eigenvalue weighted by Crippen LogP contribution is -2.33. The number of fused-ring (bicyclic) bond motifs is 1. The second kappa shape index (κ2) is 7.13. The molecule has 1 heterocycles. The largest absolute Gasteiger partial charge is 0.343 e. The molecule has 5 heteroatoms. The molecule has 2 aromatic carbocycles. The lowest BCUT2D eigenvalue weighted by molar-refractivity contribution is -0.115. The quantitative estimate of drug-likeness (QED) is 0.770. The van der Waals surface area contributed by atoms with Crippen LogP contribution in [0.25, 0.3) is 10.9 Å². The number of nitrogens with zero attached hydrogens (tertiary/aromatic N) is 1. The highest BCUT2D eigenvalue weighted by atomic mass is 16.2. The maximum atomic E-state index is 12.2. The Kier molecular flexibility index (Phi) is 4.75. The first kappa shape index (κ1) is 16.6. The van der Waals surface area contributed by atoms with Gasteiger partial charge in [0.05, 0.1) is 17.7 Å². The fourth-order valence-electron chi connectivity index (χ4n) is 2.54. The Morgan fingerprint density at radius 2 is 1.80 bits per heavy atom. The summed E-state index contributed by atoms with van der Waals surface area (Å²) in [5.41, 5.74) is 4.06.